The van der Waals surface area contributed by atoms with Crippen LogP contribution in [0, 0.1) is 11.2 Å². The number of fused-ring (bicyclic) bond motifs is 1. The molecule has 4 rings (SSSR count). The average Bonchev–Trinajstić information content (AvgIpc) is 2.96. The third-order valence-corrected chi connectivity index (χ3v) is 5.60. The number of amides is 2. The van der Waals surface area contributed by atoms with Crippen molar-refractivity contribution < 1.29 is 19.2 Å². The maximum absolute atomic E-state index is 13.5. The predicted molar refractivity (Wildman–Crippen MR) is 104 cm³/mol. The maximum atomic E-state index is 13.5. The number of carbonyl (C=O) groups is 2. The molecule has 0 bridgehead atoms. The minimum atomic E-state index is -0.540. The Morgan fingerprint density at radius 2 is 1.96 bits per heavy atom. The molecular weight excluding hydrogens is 367 g/mol. The van der Waals surface area contributed by atoms with E-state index in [-0.39, 0.29) is 25.2 Å². The molecule has 2 aromatic rings. The number of hydrogen-bond donors (Lipinski definition) is 2. The molecule has 1 atom stereocenters. The fraction of sp³-hybridized carbons (Fsp3) is 0.300. The minimum absolute atomic E-state index is 0. The Morgan fingerprint density at radius 1 is 1.15 bits per heavy atom. The van der Waals surface area contributed by atoms with Crippen molar-refractivity contribution >= 4 is 31.0 Å². The highest BCUT2D eigenvalue weighted by atomic mass is 32.1. The van der Waals surface area contributed by atoms with Crippen LogP contribution >= 0.6 is 13.5 Å². The van der Waals surface area contributed by atoms with Crippen molar-refractivity contribution in [3.63, 3.8) is 0 Å². The largest absolute Gasteiger partial charge is 0.312 e. The van der Waals surface area contributed by atoms with E-state index >= 15 is 0 Å². The van der Waals surface area contributed by atoms with Crippen molar-refractivity contribution in [3.05, 3.63) is 65.0 Å². The standard InChI is InChI=1S/C20H19FN2O3.H2S/c21-16-2-1-3-17(11-16)23-9-8-20(19(23)25)7-6-13-10-14(18(24)22-26)4-5-15(13)12-20;/h1-5,10-11,26H,6-9,12H2,(H,22,24);1H2/t20-;/m1./s1. The van der Waals surface area contributed by atoms with Crippen molar-refractivity contribution in [2.24, 2.45) is 5.41 Å². The molecule has 1 fully saturated rings. The summed E-state index contributed by atoms with van der Waals surface area (Å²) in [6.07, 6.45) is 2.76. The van der Waals surface area contributed by atoms with E-state index in [1.807, 2.05) is 6.07 Å². The lowest BCUT2D eigenvalue weighted by Crippen LogP contribution is -2.38. The second-order valence-corrected chi connectivity index (χ2v) is 7.07. The molecule has 1 aliphatic carbocycles. The quantitative estimate of drug-likeness (QED) is 0.614. The van der Waals surface area contributed by atoms with Crippen LogP contribution in [-0.2, 0) is 17.6 Å². The summed E-state index contributed by atoms with van der Waals surface area (Å²) in [6, 6.07) is 11.4. The fourth-order valence-electron chi connectivity index (χ4n) is 4.17. The Hall–Kier alpha value is -2.38. The van der Waals surface area contributed by atoms with Crippen LogP contribution in [0.1, 0.15) is 34.3 Å². The molecule has 1 saturated heterocycles. The molecular formula is C20H21FN2O3S. The first-order valence-corrected chi connectivity index (χ1v) is 8.66. The second kappa shape index (κ2) is 7.32. The number of hydrogen-bond acceptors (Lipinski definition) is 3. The van der Waals surface area contributed by atoms with E-state index in [2.05, 4.69) is 0 Å². The minimum Gasteiger partial charge on any atom is -0.312 e. The summed E-state index contributed by atoms with van der Waals surface area (Å²) in [5, 5.41) is 8.77. The highest BCUT2D eigenvalue weighted by molar-refractivity contribution is 7.59. The summed E-state index contributed by atoms with van der Waals surface area (Å²) < 4.78 is 13.5. The van der Waals surface area contributed by atoms with Crippen LogP contribution in [0.25, 0.3) is 0 Å². The first kappa shape index (κ1) is 19.4. The SMILES string of the molecule is O=C(NO)c1ccc2c(c1)CC[C@@]1(CCN(c3cccc(F)c3)C1=O)C2.S. The van der Waals surface area contributed by atoms with Crippen molar-refractivity contribution in [2.75, 3.05) is 11.4 Å². The molecule has 0 radical (unpaired) electrons. The Morgan fingerprint density at radius 3 is 2.70 bits per heavy atom. The van der Waals surface area contributed by atoms with Gasteiger partial charge in [0.25, 0.3) is 5.91 Å². The fourth-order valence-corrected chi connectivity index (χ4v) is 4.17. The monoisotopic (exact) mass is 388 g/mol. The zero-order chi connectivity index (χ0) is 18.3. The summed E-state index contributed by atoms with van der Waals surface area (Å²) >= 11 is 0. The molecule has 142 valence electrons. The van der Waals surface area contributed by atoms with Gasteiger partial charge < -0.3 is 4.90 Å². The van der Waals surface area contributed by atoms with Gasteiger partial charge in [-0.3, -0.25) is 14.8 Å². The van der Waals surface area contributed by atoms with E-state index in [4.69, 9.17) is 5.21 Å². The molecule has 0 unspecified atom stereocenters. The van der Waals surface area contributed by atoms with Crippen LogP contribution in [0.2, 0.25) is 0 Å². The molecule has 2 aromatic carbocycles. The van der Waals surface area contributed by atoms with Gasteiger partial charge in [0.1, 0.15) is 5.82 Å². The lowest BCUT2D eigenvalue weighted by Gasteiger charge is -2.33. The molecule has 5 nitrogen and oxygen atoms in total. The van der Waals surface area contributed by atoms with Gasteiger partial charge in [0.2, 0.25) is 5.91 Å². The Kier molecular flexibility index (Phi) is 5.26. The van der Waals surface area contributed by atoms with Gasteiger partial charge in [-0.2, -0.15) is 13.5 Å². The molecule has 2 aliphatic rings. The molecule has 1 aliphatic heterocycles. The van der Waals surface area contributed by atoms with Crippen LogP contribution in [-0.4, -0.2) is 23.6 Å². The first-order valence-electron chi connectivity index (χ1n) is 8.66. The smallest absolute Gasteiger partial charge is 0.274 e. The summed E-state index contributed by atoms with van der Waals surface area (Å²) in [7, 11) is 0. The van der Waals surface area contributed by atoms with Crippen molar-refractivity contribution in [3.8, 4) is 0 Å². The summed E-state index contributed by atoms with van der Waals surface area (Å²) in [5.74, 6) is -0.840. The number of halogens is 1. The van der Waals surface area contributed by atoms with Gasteiger partial charge in [-0.1, -0.05) is 12.1 Å². The number of nitrogens with zero attached hydrogens (tertiary/aromatic N) is 1. The van der Waals surface area contributed by atoms with Crippen molar-refractivity contribution in [2.45, 2.75) is 25.7 Å². The van der Waals surface area contributed by atoms with Crippen LogP contribution in [0.4, 0.5) is 10.1 Å². The molecule has 2 amide bonds. The van der Waals surface area contributed by atoms with Gasteiger partial charge in [-0.25, -0.2) is 9.87 Å². The highest BCUT2D eigenvalue weighted by Gasteiger charge is 2.48. The van der Waals surface area contributed by atoms with Gasteiger partial charge in [-0.15, -0.1) is 0 Å². The third-order valence-electron chi connectivity index (χ3n) is 5.60. The molecule has 1 heterocycles. The summed E-state index contributed by atoms with van der Waals surface area (Å²) in [6.45, 7) is 0.586. The predicted octanol–water partition coefficient (Wildman–Crippen LogP) is 2.97. The lowest BCUT2D eigenvalue weighted by molar-refractivity contribution is -0.126. The van der Waals surface area contributed by atoms with Crippen LogP contribution in [0.3, 0.4) is 0 Å². The van der Waals surface area contributed by atoms with Crippen molar-refractivity contribution in [1.29, 1.82) is 0 Å². The number of anilines is 1. The van der Waals surface area contributed by atoms with Crippen LogP contribution < -0.4 is 10.4 Å². The van der Waals surface area contributed by atoms with Gasteiger partial charge in [0.05, 0.1) is 5.41 Å². The molecule has 2 N–H and O–H groups in total. The highest BCUT2D eigenvalue weighted by Crippen LogP contribution is 2.45. The summed E-state index contributed by atoms with van der Waals surface area (Å²) in [4.78, 5) is 26.4. The van der Waals surface area contributed by atoms with Gasteiger partial charge in [0, 0.05) is 17.8 Å². The zero-order valence-electron chi connectivity index (χ0n) is 14.7. The molecule has 1 spiro atoms. The normalized spacial score (nSPS) is 21.0. The Balaban J connectivity index is 0.00000210. The lowest BCUT2D eigenvalue weighted by atomic mass is 9.70. The average molecular weight is 388 g/mol. The number of nitrogens with one attached hydrogen (secondary N) is 1. The third kappa shape index (κ3) is 3.33. The Bertz CT molecular complexity index is 905. The van der Waals surface area contributed by atoms with E-state index in [1.165, 1.54) is 12.1 Å². The molecule has 0 saturated carbocycles. The number of benzene rings is 2. The summed E-state index contributed by atoms with van der Waals surface area (Å²) in [5.41, 5.74) is 4.28. The van der Waals surface area contributed by atoms with E-state index < -0.39 is 11.3 Å². The van der Waals surface area contributed by atoms with Crippen LogP contribution in [0.15, 0.2) is 42.5 Å². The van der Waals surface area contributed by atoms with Gasteiger partial charge in [0.15, 0.2) is 0 Å². The van der Waals surface area contributed by atoms with E-state index in [0.29, 0.717) is 37.1 Å². The zero-order valence-corrected chi connectivity index (χ0v) is 15.7. The molecule has 7 heteroatoms. The second-order valence-electron chi connectivity index (χ2n) is 7.07. The van der Waals surface area contributed by atoms with E-state index in [1.54, 1.807) is 34.6 Å². The van der Waals surface area contributed by atoms with Crippen LogP contribution in [0.5, 0.6) is 0 Å². The Labute approximate surface area is 163 Å². The number of hydroxylamine groups is 1. The number of rotatable bonds is 2. The number of aryl methyl sites for hydroxylation is 1. The van der Waals surface area contributed by atoms with Crippen molar-refractivity contribution in [1.82, 2.24) is 5.48 Å². The number of carbonyl (C=O) groups excluding carboxylic acids is 2. The van der Waals surface area contributed by atoms with E-state index in [0.717, 1.165) is 17.5 Å². The van der Waals surface area contributed by atoms with Gasteiger partial charge in [-0.05, 0) is 67.1 Å². The molecule has 0 aromatic heterocycles. The molecule has 27 heavy (non-hydrogen) atoms. The first-order chi connectivity index (χ1) is 12.5. The van der Waals surface area contributed by atoms with E-state index in [9.17, 15) is 14.0 Å². The topological polar surface area (TPSA) is 69.6 Å². The maximum Gasteiger partial charge on any atom is 0.274 e. The van der Waals surface area contributed by atoms with Gasteiger partial charge >= 0.3 is 0 Å².